The summed E-state index contributed by atoms with van der Waals surface area (Å²) in [6.45, 7) is 0. The molecule has 0 spiro atoms. The molecule has 5 heteroatoms. The molecule has 0 radical (unpaired) electrons. The first-order valence-corrected chi connectivity index (χ1v) is 24.1. The standard InChI is InChI=1S/C66H42N4O/c1-4-20-45(21-5-1)63-67-64(46-22-6-2-7-23-46)69-65(68-63)47-38-40-56-54(41-47)51-27-12-14-29-55(51)66(56,48-24-8-3-9-25-48)57-30-15-16-31-58(57)70(59-32-18-34-61-62(59)52-28-13-17-33-60(52)71-61)49-39-37-44-36-35-43-19-10-11-26-50(43)53(44)42-49/h1-42H. The highest BCUT2D eigenvalue weighted by molar-refractivity contribution is 6.15. The van der Waals surface area contributed by atoms with Crippen LogP contribution >= 0.6 is 0 Å². The van der Waals surface area contributed by atoms with Gasteiger partial charge in [0.1, 0.15) is 11.2 Å². The molecule has 14 rings (SSSR count). The SMILES string of the molecule is c1ccc(-c2nc(-c3ccccc3)nc(-c3ccc4c(c3)-c3ccccc3C4(c3ccccc3)c3ccccc3N(c3ccc4ccc5ccccc5c4c3)c3cccc4oc5ccccc5c34)n2)cc1. The van der Waals surface area contributed by atoms with Crippen LogP contribution < -0.4 is 4.90 Å². The molecule has 1 aliphatic rings. The van der Waals surface area contributed by atoms with E-state index in [9.17, 15) is 0 Å². The van der Waals surface area contributed by atoms with Gasteiger partial charge in [-0.1, -0.05) is 212 Å². The molecule has 0 amide bonds. The molecule has 11 aromatic carbocycles. The zero-order valence-electron chi connectivity index (χ0n) is 38.4. The Morgan fingerprint density at radius 3 is 1.65 bits per heavy atom. The monoisotopic (exact) mass is 906 g/mol. The molecule has 0 fully saturated rings. The van der Waals surface area contributed by atoms with Crippen LogP contribution in [0.3, 0.4) is 0 Å². The van der Waals surface area contributed by atoms with Crippen molar-refractivity contribution in [1.82, 2.24) is 15.0 Å². The zero-order valence-corrected chi connectivity index (χ0v) is 38.4. The Bertz CT molecular complexity index is 4130. The molecule has 0 saturated heterocycles. The van der Waals surface area contributed by atoms with E-state index >= 15 is 0 Å². The van der Waals surface area contributed by atoms with Gasteiger partial charge in [0.05, 0.1) is 22.2 Å². The van der Waals surface area contributed by atoms with Crippen LogP contribution in [0.25, 0.3) is 88.8 Å². The summed E-state index contributed by atoms with van der Waals surface area (Å²) in [5.41, 5.74) is 13.8. The van der Waals surface area contributed by atoms with E-state index < -0.39 is 5.41 Å². The van der Waals surface area contributed by atoms with Crippen molar-refractivity contribution in [2.75, 3.05) is 4.90 Å². The molecule has 332 valence electrons. The Kier molecular flexibility index (Phi) is 9.36. The van der Waals surface area contributed by atoms with E-state index in [0.717, 1.165) is 72.4 Å². The molecular formula is C66H42N4O. The fourth-order valence-corrected chi connectivity index (χ4v) is 11.3. The van der Waals surface area contributed by atoms with Gasteiger partial charge in [-0.3, -0.25) is 0 Å². The molecule has 0 N–H and O–H groups in total. The maximum Gasteiger partial charge on any atom is 0.164 e. The van der Waals surface area contributed by atoms with Crippen molar-refractivity contribution in [1.29, 1.82) is 0 Å². The van der Waals surface area contributed by atoms with E-state index in [1.165, 1.54) is 38.2 Å². The Morgan fingerprint density at radius 2 is 0.887 bits per heavy atom. The molecule has 1 aliphatic carbocycles. The number of nitrogens with zero attached hydrogens (tertiary/aromatic N) is 4. The van der Waals surface area contributed by atoms with Gasteiger partial charge in [0.25, 0.3) is 0 Å². The summed E-state index contributed by atoms with van der Waals surface area (Å²) in [5, 5.41) is 6.93. The third-order valence-corrected chi connectivity index (χ3v) is 14.4. The number of furan rings is 1. The molecule has 2 heterocycles. The summed E-state index contributed by atoms with van der Waals surface area (Å²) in [5.74, 6) is 1.88. The number of fused-ring (bicyclic) bond motifs is 9. The molecule has 1 unspecified atom stereocenters. The van der Waals surface area contributed by atoms with Crippen molar-refractivity contribution < 1.29 is 4.42 Å². The van der Waals surface area contributed by atoms with Gasteiger partial charge >= 0.3 is 0 Å². The molecule has 0 saturated carbocycles. The Hall–Kier alpha value is -9.45. The Balaban J connectivity index is 1.05. The highest BCUT2D eigenvalue weighted by Gasteiger charge is 2.48. The fraction of sp³-hybridized carbons (Fsp3) is 0.0152. The first kappa shape index (κ1) is 40.6. The number of anilines is 3. The Labute approximate surface area is 410 Å². The van der Waals surface area contributed by atoms with Crippen molar-refractivity contribution in [2.24, 2.45) is 0 Å². The zero-order chi connectivity index (χ0) is 46.9. The van der Waals surface area contributed by atoms with E-state index in [-0.39, 0.29) is 0 Å². The van der Waals surface area contributed by atoms with Crippen molar-refractivity contribution in [3.63, 3.8) is 0 Å². The molecule has 1 atom stereocenters. The predicted octanol–water partition coefficient (Wildman–Crippen LogP) is 16.9. The number of aromatic nitrogens is 3. The van der Waals surface area contributed by atoms with Crippen molar-refractivity contribution in [3.05, 3.63) is 277 Å². The third-order valence-electron chi connectivity index (χ3n) is 14.4. The molecule has 0 aliphatic heterocycles. The van der Waals surface area contributed by atoms with Crippen LogP contribution in [-0.4, -0.2) is 15.0 Å². The molecule has 13 aromatic rings. The maximum atomic E-state index is 6.63. The van der Waals surface area contributed by atoms with E-state index in [4.69, 9.17) is 19.4 Å². The summed E-state index contributed by atoms with van der Waals surface area (Å²) in [6.07, 6.45) is 0. The maximum absolute atomic E-state index is 6.63. The summed E-state index contributed by atoms with van der Waals surface area (Å²) in [7, 11) is 0. The predicted molar refractivity (Wildman–Crippen MR) is 290 cm³/mol. The van der Waals surface area contributed by atoms with Gasteiger partial charge < -0.3 is 9.32 Å². The van der Waals surface area contributed by atoms with E-state index in [0.29, 0.717) is 17.5 Å². The quantitative estimate of drug-likeness (QED) is 0.142. The second-order valence-electron chi connectivity index (χ2n) is 18.3. The molecule has 2 aromatic heterocycles. The van der Waals surface area contributed by atoms with Gasteiger partial charge in [0, 0.05) is 27.8 Å². The van der Waals surface area contributed by atoms with E-state index in [1.807, 2.05) is 42.5 Å². The van der Waals surface area contributed by atoms with Gasteiger partial charge in [-0.05, 0) is 97.4 Å². The summed E-state index contributed by atoms with van der Waals surface area (Å²) < 4.78 is 6.63. The van der Waals surface area contributed by atoms with Gasteiger partial charge in [-0.25, -0.2) is 15.0 Å². The van der Waals surface area contributed by atoms with Crippen LogP contribution in [0.4, 0.5) is 17.1 Å². The van der Waals surface area contributed by atoms with Crippen LogP contribution in [-0.2, 0) is 5.41 Å². The van der Waals surface area contributed by atoms with Gasteiger partial charge in [0.15, 0.2) is 17.5 Å². The fourth-order valence-electron chi connectivity index (χ4n) is 11.3. The first-order chi connectivity index (χ1) is 35.2. The van der Waals surface area contributed by atoms with Crippen molar-refractivity contribution in [3.8, 4) is 45.3 Å². The highest BCUT2D eigenvalue weighted by Crippen LogP contribution is 2.59. The molecule has 5 nitrogen and oxygen atoms in total. The van der Waals surface area contributed by atoms with Crippen LogP contribution in [0, 0.1) is 0 Å². The lowest BCUT2D eigenvalue weighted by atomic mass is 9.67. The Morgan fingerprint density at radius 1 is 0.338 bits per heavy atom. The largest absolute Gasteiger partial charge is 0.456 e. The highest BCUT2D eigenvalue weighted by atomic mass is 16.3. The lowest BCUT2D eigenvalue weighted by Gasteiger charge is -2.38. The van der Waals surface area contributed by atoms with Crippen LogP contribution in [0.5, 0.6) is 0 Å². The number of para-hydroxylation sites is 2. The summed E-state index contributed by atoms with van der Waals surface area (Å²) in [4.78, 5) is 17.9. The van der Waals surface area contributed by atoms with E-state index in [2.05, 4.69) is 217 Å². The molecular weight excluding hydrogens is 865 g/mol. The number of hydrogen-bond donors (Lipinski definition) is 0. The summed E-state index contributed by atoms with van der Waals surface area (Å²) in [6, 6.07) is 91.0. The minimum absolute atomic E-state index is 0.617. The minimum Gasteiger partial charge on any atom is -0.456 e. The second-order valence-corrected chi connectivity index (χ2v) is 18.3. The average molecular weight is 907 g/mol. The lowest BCUT2D eigenvalue weighted by molar-refractivity contribution is 0.669. The minimum atomic E-state index is -0.764. The first-order valence-electron chi connectivity index (χ1n) is 24.1. The van der Waals surface area contributed by atoms with Gasteiger partial charge in [0.2, 0.25) is 0 Å². The van der Waals surface area contributed by atoms with Crippen LogP contribution in [0.1, 0.15) is 22.3 Å². The summed E-state index contributed by atoms with van der Waals surface area (Å²) >= 11 is 0. The average Bonchev–Trinajstić information content (AvgIpc) is 3.98. The number of rotatable bonds is 8. The molecule has 0 bridgehead atoms. The van der Waals surface area contributed by atoms with E-state index in [1.54, 1.807) is 0 Å². The van der Waals surface area contributed by atoms with Gasteiger partial charge in [-0.2, -0.15) is 0 Å². The van der Waals surface area contributed by atoms with Crippen LogP contribution in [0.15, 0.2) is 259 Å². The van der Waals surface area contributed by atoms with Crippen molar-refractivity contribution >= 4 is 60.5 Å². The second kappa shape index (κ2) is 16.4. The van der Waals surface area contributed by atoms with Gasteiger partial charge in [-0.15, -0.1) is 0 Å². The lowest BCUT2D eigenvalue weighted by Crippen LogP contribution is -2.30. The normalized spacial score (nSPS) is 14.0. The molecule has 71 heavy (non-hydrogen) atoms. The topological polar surface area (TPSA) is 55.1 Å². The van der Waals surface area contributed by atoms with Crippen molar-refractivity contribution in [2.45, 2.75) is 5.41 Å². The van der Waals surface area contributed by atoms with Crippen LogP contribution in [0.2, 0.25) is 0 Å². The smallest absolute Gasteiger partial charge is 0.164 e. The number of benzene rings is 11. The third kappa shape index (κ3) is 6.44. The number of hydrogen-bond acceptors (Lipinski definition) is 5.